The topological polar surface area (TPSA) is 153 Å². The minimum atomic E-state index is -3.83. The summed E-state index contributed by atoms with van der Waals surface area (Å²) in [5.41, 5.74) is 6.35. The summed E-state index contributed by atoms with van der Waals surface area (Å²) in [7, 11) is -3.83. The smallest absolute Gasteiger partial charge is 0.342 e. The van der Waals surface area contributed by atoms with Crippen LogP contribution in [0.3, 0.4) is 0 Å². The van der Waals surface area contributed by atoms with Crippen molar-refractivity contribution in [3.8, 4) is 5.75 Å². The maximum atomic E-state index is 14.8. The molecule has 0 radical (unpaired) electrons. The van der Waals surface area contributed by atoms with Crippen LogP contribution in [0.4, 0.5) is 10.2 Å². The molecule has 3 N–H and O–H groups in total. The van der Waals surface area contributed by atoms with Crippen LogP contribution in [0.15, 0.2) is 54.9 Å². The third-order valence-corrected chi connectivity index (χ3v) is 6.64. The average Bonchev–Trinajstić information content (AvgIpc) is 3.42. The lowest BCUT2D eigenvalue weighted by Gasteiger charge is -2.24. The number of halogens is 1. The number of para-hydroxylation sites is 1. The Balaban J connectivity index is 1.47. The van der Waals surface area contributed by atoms with Crippen molar-refractivity contribution >= 4 is 30.5 Å². The lowest BCUT2D eigenvalue weighted by Crippen LogP contribution is -2.36. The zero-order valence-corrected chi connectivity index (χ0v) is 19.8. The fourth-order valence-electron chi connectivity index (χ4n) is 3.30. The summed E-state index contributed by atoms with van der Waals surface area (Å²) in [6.07, 6.45) is 0.676. The summed E-state index contributed by atoms with van der Waals surface area (Å²) in [6.45, 7) is 3.30. The minimum Gasteiger partial charge on any atom is -0.465 e. The van der Waals surface area contributed by atoms with Crippen LogP contribution < -0.4 is 15.3 Å². The third kappa shape index (κ3) is 5.65. The molecule has 14 heteroatoms. The number of carbonyl (C=O) groups is 1. The van der Waals surface area contributed by atoms with Crippen molar-refractivity contribution in [1.82, 2.24) is 24.6 Å². The molecule has 2 aromatic heterocycles. The maximum absolute atomic E-state index is 14.8. The number of aromatic nitrogens is 4. The molecular weight excluding hydrogens is 482 g/mol. The highest BCUT2D eigenvalue weighted by Gasteiger charge is 2.36. The van der Waals surface area contributed by atoms with Gasteiger partial charge in [0.2, 0.25) is 0 Å². The van der Waals surface area contributed by atoms with Crippen molar-refractivity contribution in [2.75, 3.05) is 18.7 Å². The second-order valence-corrected chi connectivity index (χ2v) is 9.51. The minimum absolute atomic E-state index is 0.143. The number of anilines is 1. The van der Waals surface area contributed by atoms with Gasteiger partial charge >= 0.3 is 13.5 Å². The van der Waals surface area contributed by atoms with Crippen molar-refractivity contribution < 1.29 is 32.5 Å². The number of ether oxygens (including phenoxy) is 3. The molecule has 1 aliphatic rings. The molecule has 12 nitrogen and oxygen atoms in total. The lowest BCUT2D eigenvalue weighted by molar-refractivity contribution is -0.144. The Morgan fingerprint density at radius 2 is 2.09 bits per heavy atom. The van der Waals surface area contributed by atoms with Crippen LogP contribution in [-0.2, 0) is 23.6 Å². The Hall–Kier alpha value is -3.38. The molecule has 0 saturated carbocycles. The highest BCUT2D eigenvalue weighted by molar-refractivity contribution is 7.57. The summed E-state index contributed by atoms with van der Waals surface area (Å²) in [4.78, 5) is 24.1. The summed E-state index contributed by atoms with van der Waals surface area (Å²) >= 11 is 0. The van der Waals surface area contributed by atoms with Crippen LogP contribution in [0, 0.1) is 0 Å². The van der Waals surface area contributed by atoms with Gasteiger partial charge in [-0.25, -0.2) is 24.4 Å². The summed E-state index contributed by atoms with van der Waals surface area (Å²) in [5, 5.41) is 2.65. The normalized spacial score (nSPS) is 20.3. The van der Waals surface area contributed by atoms with Gasteiger partial charge in [0.05, 0.1) is 12.9 Å². The van der Waals surface area contributed by atoms with Gasteiger partial charge in [0.25, 0.3) is 0 Å². The molecule has 4 rings (SSSR count). The summed E-state index contributed by atoms with van der Waals surface area (Å²) in [5.74, 6) is -0.847. The van der Waals surface area contributed by atoms with Gasteiger partial charge in [-0.1, -0.05) is 18.2 Å². The molecule has 1 aliphatic heterocycles. The van der Waals surface area contributed by atoms with Crippen LogP contribution in [0.25, 0.3) is 11.2 Å². The van der Waals surface area contributed by atoms with E-state index in [0.717, 1.165) is 6.08 Å². The molecule has 0 aliphatic carbocycles. The van der Waals surface area contributed by atoms with E-state index in [1.807, 2.05) is 0 Å². The van der Waals surface area contributed by atoms with Crippen molar-refractivity contribution in [2.24, 2.45) is 0 Å². The number of nitrogens with zero attached hydrogens (tertiary/aromatic N) is 4. The zero-order chi connectivity index (χ0) is 25.0. The van der Waals surface area contributed by atoms with Crippen LogP contribution in [0.2, 0.25) is 0 Å². The van der Waals surface area contributed by atoms with E-state index in [0.29, 0.717) is 5.52 Å². The predicted octanol–water partition coefficient (Wildman–Crippen LogP) is 2.90. The van der Waals surface area contributed by atoms with Crippen LogP contribution in [0.1, 0.15) is 20.1 Å². The molecule has 0 spiro atoms. The Morgan fingerprint density at radius 1 is 1.31 bits per heavy atom. The van der Waals surface area contributed by atoms with Gasteiger partial charge in [-0.3, -0.25) is 13.9 Å². The summed E-state index contributed by atoms with van der Waals surface area (Å²) < 4.78 is 51.5. The largest absolute Gasteiger partial charge is 0.465 e. The molecule has 3 heterocycles. The summed E-state index contributed by atoms with van der Waals surface area (Å²) in [6, 6.07) is 7.40. The van der Waals surface area contributed by atoms with E-state index in [-0.39, 0.29) is 23.8 Å². The van der Waals surface area contributed by atoms with Gasteiger partial charge in [0, 0.05) is 6.08 Å². The van der Waals surface area contributed by atoms with E-state index in [1.165, 1.54) is 24.1 Å². The Bertz CT molecular complexity index is 1270. The predicted molar refractivity (Wildman–Crippen MR) is 123 cm³/mol. The first-order valence-electron chi connectivity index (χ1n) is 10.6. The molecule has 35 heavy (non-hydrogen) atoms. The fraction of sp³-hybridized carbons (Fsp3) is 0.333. The highest BCUT2D eigenvalue weighted by atomic mass is 31.2. The molecule has 0 fully saturated rings. The van der Waals surface area contributed by atoms with E-state index in [2.05, 4.69) is 20.0 Å². The van der Waals surface area contributed by atoms with Crippen molar-refractivity contribution in [2.45, 2.75) is 32.4 Å². The molecule has 0 bridgehead atoms. The Morgan fingerprint density at radius 3 is 2.83 bits per heavy atom. The molecule has 0 amide bonds. The Labute approximate surface area is 199 Å². The number of benzene rings is 1. The van der Waals surface area contributed by atoms with Crippen molar-refractivity contribution in [3.05, 3.63) is 54.9 Å². The second-order valence-electron chi connectivity index (χ2n) is 7.47. The van der Waals surface area contributed by atoms with E-state index in [4.69, 9.17) is 24.5 Å². The van der Waals surface area contributed by atoms with E-state index in [1.54, 1.807) is 37.3 Å². The van der Waals surface area contributed by atoms with E-state index in [9.17, 15) is 13.8 Å². The van der Waals surface area contributed by atoms with Gasteiger partial charge in [0.15, 0.2) is 36.2 Å². The maximum Gasteiger partial charge on any atom is 0.342 e. The third-order valence-electron chi connectivity index (χ3n) is 4.87. The van der Waals surface area contributed by atoms with Crippen LogP contribution in [0.5, 0.6) is 5.75 Å². The molecular formula is C21H24FN6O6P. The first-order valence-corrected chi connectivity index (χ1v) is 12.5. The zero-order valence-electron chi connectivity index (χ0n) is 18.9. The Kier molecular flexibility index (Phi) is 7.41. The lowest BCUT2D eigenvalue weighted by atomic mass is 10.3. The number of esters is 1. The molecule has 1 unspecified atom stereocenters. The molecule has 1 aromatic carbocycles. The quantitative estimate of drug-likeness (QED) is 0.308. The number of nitrogens with one attached hydrogen (secondary N) is 1. The molecule has 0 saturated heterocycles. The number of hydrogen-bond acceptors (Lipinski definition) is 10. The van der Waals surface area contributed by atoms with Crippen LogP contribution in [-0.4, -0.2) is 50.8 Å². The fourth-order valence-corrected chi connectivity index (χ4v) is 4.98. The van der Waals surface area contributed by atoms with Crippen LogP contribution >= 0.6 is 7.52 Å². The van der Waals surface area contributed by atoms with Gasteiger partial charge in [0.1, 0.15) is 23.6 Å². The second kappa shape index (κ2) is 10.5. The van der Waals surface area contributed by atoms with Gasteiger partial charge in [-0.2, -0.15) is 0 Å². The van der Waals surface area contributed by atoms with Crippen molar-refractivity contribution in [1.29, 1.82) is 0 Å². The monoisotopic (exact) mass is 506 g/mol. The number of fused-ring (bicyclic) bond motifs is 1. The number of nitrogen functional groups attached to an aromatic ring is 1. The number of imidazole rings is 1. The van der Waals surface area contributed by atoms with Crippen molar-refractivity contribution in [3.63, 3.8) is 0 Å². The first kappa shape index (κ1) is 24.7. The number of carbonyl (C=O) groups excluding carboxylic acids is 1. The van der Waals surface area contributed by atoms with Gasteiger partial charge in [-0.15, -0.1) is 0 Å². The molecule has 4 atom stereocenters. The highest BCUT2D eigenvalue weighted by Crippen LogP contribution is 2.45. The SMILES string of the molecule is CCOC(=O)[C@H](C)N[P@@](=O)(COC1C=C(F)[C@H](n2cnc3c(N)ncnc32)O1)Oc1ccccc1. The van der Waals surface area contributed by atoms with E-state index >= 15 is 0 Å². The van der Waals surface area contributed by atoms with Gasteiger partial charge < -0.3 is 24.5 Å². The average molecular weight is 506 g/mol. The standard InChI is InChI=1S/C21H24FN6O6P/c1-3-31-21(29)13(2)27-35(30,34-14-7-5-4-6-8-14)12-32-16-9-15(22)20(33-16)28-11-26-17-18(23)24-10-25-19(17)28/h4-11,13,16,20H,3,12H2,1-2H3,(H,27,30)(H2,23,24,25)/t13-,16?,20+,35+/m0/s1. The number of hydrogen-bond donors (Lipinski definition) is 2. The first-order chi connectivity index (χ1) is 16.8. The van der Waals surface area contributed by atoms with E-state index < -0.39 is 44.2 Å². The van der Waals surface area contributed by atoms with Gasteiger partial charge in [-0.05, 0) is 26.0 Å². The molecule has 3 aromatic rings. The number of rotatable bonds is 10. The number of nitrogens with two attached hydrogens (primary N) is 1. The molecule has 186 valence electrons.